The molecule has 3 rings (SSSR count). The normalized spacial score (nSPS) is 15.1. The van der Waals surface area contributed by atoms with E-state index < -0.39 is 14.1 Å². The number of ether oxygens (including phenoxy) is 2. The number of benzene rings is 1. The van der Waals surface area contributed by atoms with Gasteiger partial charge in [-0.15, -0.1) is 0 Å². The van der Waals surface area contributed by atoms with Gasteiger partial charge in [-0.3, -0.25) is 4.79 Å². The standard InChI is InChI=1S/C13H8O.C3Cl6O3/c14-13-7-3-6-11-10-5-2-1-4-9(10)8-12(11)13;4-2(5,6)11-1(10)12-3(7,8)9/h1-8H;. The molecule has 0 aliphatic heterocycles. The van der Waals surface area contributed by atoms with E-state index in [9.17, 15) is 9.59 Å². The summed E-state index contributed by atoms with van der Waals surface area (Å²) in [5.74, 6) is 0.110. The molecule has 1 aromatic rings. The minimum absolute atomic E-state index is 0.110. The molecule has 0 aromatic heterocycles. The van der Waals surface area contributed by atoms with Crippen LogP contribution in [0.3, 0.4) is 0 Å². The lowest BCUT2D eigenvalue weighted by atomic mass is 9.96. The lowest BCUT2D eigenvalue weighted by Crippen LogP contribution is -2.22. The lowest BCUT2D eigenvalue weighted by Gasteiger charge is -2.15. The van der Waals surface area contributed by atoms with Crippen molar-refractivity contribution in [3.05, 3.63) is 59.2 Å². The molecule has 0 N–H and O–H groups in total. The van der Waals surface area contributed by atoms with Gasteiger partial charge in [-0.2, -0.15) is 0 Å². The van der Waals surface area contributed by atoms with E-state index in [0.29, 0.717) is 0 Å². The van der Waals surface area contributed by atoms with Gasteiger partial charge < -0.3 is 9.47 Å². The van der Waals surface area contributed by atoms with Crippen LogP contribution in [0.4, 0.5) is 4.79 Å². The summed E-state index contributed by atoms with van der Waals surface area (Å²) in [5, 5.41) is 0. The van der Waals surface area contributed by atoms with Gasteiger partial charge in [0.2, 0.25) is 0 Å². The molecule has 0 radical (unpaired) electrons. The molecule has 26 heavy (non-hydrogen) atoms. The Labute approximate surface area is 178 Å². The molecule has 4 nitrogen and oxygen atoms in total. The Morgan fingerprint density at radius 2 is 1.46 bits per heavy atom. The van der Waals surface area contributed by atoms with E-state index in [2.05, 4.69) is 15.5 Å². The molecular formula is C16H8Cl6O4. The lowest BCUT2D eigenvalue weighted by molar-refractivity contribution is -0.110. The first-order valence-corrected chi connectivity index (χ1v) is 9.03. The van der Waals surface area contributed by atoms with Crippen molar-refractivity contribution in [2.24, 2.45) is 0 Å². The van der Waals surface area contributed by atoms with Crippen LogP contribution in [0, 0.1) is 0 Å². The van der Waals surface area contributed by atoms with Crippen molar-refractivity contribution in [2.75, 3.05) is 0 Å². The molecule has 1 aromatic carbocycles. The van der Waals surface area contributed by atoms with Gasteiger partial charge in [0, 0.05) is 5.57 Å². The molecule has 0 bridgehead atoms. The number of alkyl halides is 6. The summed E-state index contributed by atoms with van der Waals surface area (Å²) in [4.78, 5) is 22.1. The van der Waals surface area contributed by atoms with Gasteiger partial charge in [-0.1, -0.05) is 36.4 Å². The van der Waals surface area contributed by atoms with E-state index in [1.165, 1.54) is 5.56 Å². The van der Waals surface area contributed by atoms with E-state index >= 15 is 0 Å². The van der Waals surface area contributed by atoms with Crippen molar-refractivity contribution in [3.63, 3.8) is 0 Å². The number of rotatable bonds is 0. The molecule has 138 valence electrons. The second-order valence-electron chi connectivity index (χ2n) is 4.79. The van der Waals surface area contributed by atoms with Gasteiger partial charge in [-0.05, 0) is 98.5 Å². The molecule has 10 heteroatoms. The van der Waals surface area contributed by atoms with E-state index in [-0.39, 0.29) is 5.78 Å². The van der Waals surface area contributed by atoms with Crippen LogP contribution < -0.4 is 0 Å². The van der Waals surface area contributed by atoms with Gasteiger partial charge in [0.15, 0.2) is 5.78 Å². The van der Waals surface area contributed by atoms with E-state index in [1.807, 2.05) is 36.4 Å². The summed E-state index contributed by atoms with van der Waals surface area (Å²) in [6, 6.07) is 8.08. The SMILES string of the molecule is O=C(OC(Cl)(Cl)Cl)OC(Cl)(Cl)Cl.O=C1C=CC=C2C1=Cc1ccccc12. The van der Waals surface area contributed by atoms with E-state index in [0.717, 1.165) is 16.7 Å². The molecule has 0 saturated heterocycles. The second kappa shape index (κ2) is 8.42. The number of carbonyl (C=O) groups excluding carboxylic acids is 2. The predicted octanol–water partition coefficient (Wildman–Crippen LogP) is 6.40. The van der Waals surface area contributed by atoms with Crippen LogP contribution in [0.1, 0.15) is 11.1 Å². The molecule has 0 amide bonds. The molecule has 0 heterocycles. The largest absolute Gasteiger partial charge is 0.515 e. The number of allylic oxidation sites excluding steroid dienone is 5. The van der Waals surface area contributed by atoms with Crippen molar-refractivity contribution in [3.8, 4) is 0 Å². The average molecular weight is 477 g/mol. The zero-order chi connectivity index (χ0) is 19.5. The quantitative estimate of drug-likeness (QED) is 0.321. The monoisotopic (exact) mass is 474 g/mol. The smallest absolute Gasteiger partial charge is 0.382 e. The summed E-state index contributed by atoms with van der Waals surface area (Å²) in [7, 11) is 0. The Hall–Kier alpha value is -0.880. The Bertz CT molecular complexity index is 797. The topological polar surface area (TPSA) is 52.6 Å². The highest BCUT2D eigenvalue weighted by Gasteiger charge is 2.32. The van der Waals surface area contributed by atoms with Crippen molar-refractivity contribution >= 4 is 93.2 Å². The summed E-state index contributed by atoms with van der Waals surface area (Å²) in [6.45, 7) is 0. The zero-order valence-electron chi connectivity index (χ0n) is 12.5. The number of halogens is 6. The summed E-state index contributed by atoms with van der Waals surface area (Å²) in [6.07, 6.45) is 5.99. The maximum absolute atomic E-state index is 11.5. The van der Waals surface area contributed by atoms with E-state index in [1.54, 1.807) is 6.08 Å². The number of carbonyl (C=O) groups is 2. The first kappa shape index (κ1) is 21.4. The van der Waals surface area contributed by atoms with Crippen LogP contribution >= 0.6 is 69.6 Å². The zero-order valence-corrected chi connectivity index (χ0v) is 17.1. The molecule has 0 fully saturated rings. The highest BCUT2D eigenvalue weighted by molar-refractivity contribution is 6.67. The molecule has 2 aliphatic carbocycles. The maximum Gasteiger partial charge on any atom is 0.515 e. The molecule has 0 atom stereocenters. The Morgan fingerprint density at radius 3 is 2.04 bits per heavy atom. The Balaban J connectivity index is 0.000000191. The van der Waals surface area contributed by atoms with Crippen molar-refractivity contribution in [1.29, 1.82) is 0 Å². The molecule has 0 unspecified atom stereocenters. The second-order valence-corrected chi connectivity index (χ2v) is 9.15. The van der Waals surface area contributed by atoms with Crippen LogP contribution in [-0.2, 0) is 14.3 Å². The number of hydrogen-bond donors (Lipinski definition) is 0. The third-order valence-corrected chi connectivity index (χ3v) is 3.48. The number of hydrogen-bond acceptors (Lipinski definition) is 4. The predicted molar refractivity (Wildman–Crippen MR) is 105 cm³/mol. The maximum atomic E-state index is 11.5. The van der Waals surface area contributed by atoms with Gasteiger partial charge in [0.25, 0.3) is 0 Å². The molecular weight excluding hydrogens is 469 g/mol. The highest BCUT2D eigenvalue weighted by atomic mass is 35.6. The number of ketones is 1. The van der Waals surface area contributed by atoms with Gasteiger partial charge >= 0.3 is 14.1 Å². The van der Waals surface area contributed by atoms with Crippen molar-refractivity contribution in [2.45, 2.75) is 7.96 Å². The van der Waals surface area contributed by atoms with Crippen molar-refractivity contribution in [1.82, 2.24) is 0 Å². The summed E-state index contributed by atoms with van der Waals surface area (Å²) >= 11 is 30.2. The van der Waals surface area contributed by atoms with Crippen LogP contribution in [0.5, 0.6) is 0 Å². The summed E-state index contributed by atoms with van der Waals surface area (Å²) in [5.41, 5.74) is 4.20. The van der Waals surface area contributed by atoms with E-state index in [4.69, 9.17) is 69.6 Å². The van der Waals surface area contributed by atoms with Gasteiger partial charge in [0.1, 0.15) is 0 Å². The fraction of sp³-hybridized carbons (Fsp3) is 0.125. The molecule has 0 spiro atoms. The molecule has 2 aliphatic rings. The van der Waals surface area contributed by atoms with Gasteiger partial charge in [-0.25, -0.2) is 4.79 Å². The van der Waals surface area contributed by atoms with Crippen LogP contribution in [0.25, 0.3) is 11.6 Å². The first-order chi connectivity index (χ1) is 12.0. The minimum Gasteiger partial charge on any atom is -0.382 e. The summed E-state index contributed by atoms with van der Waals surface area (Å²) < 4.78 is 3.50. The fourth-order valence-corrected chi connectivity index (χ4v) is 2.54. The van der Waals surface area contributed by atoms with Crippen molar-refractivity contribution < 1.29 is 19.1 Å². The Kier molecular flexibility index (Phi) is 6.94. The fourth-order valence-electron chi connectivity index (χ4n) is 2.16. The Morgan fingerprint density at radius 1 is 0.885 bits per heavy atom. The third kappa shape index (κ3) is 6.38. The molecule has 0 saturated carbocycles. The van der Waals surface area contributed by atoms with Crippen LogP contribution in [-0.4, -0.2) is 19.9 Å². The van der Waals surface area contributed by atoms with Crippen LogP contribution in [0.2, 0.25) is 0 Å². The van der Waals surface area contributed by atoms with Gasteiger partial charge in [0.05, 0.1) is 0 Å². The minimum atomic E-state index is -2.24. The average Bonchev–Trinajstić information content (AvgIpc) is 2.84. The number of fused-ring (bicyclic) bond motifs is 3. The third-order valence-electron chi connectivity index (χ3n) is 3.02. The van der Waals surface area contributed by atoms with Crippen LogP contribution in [0.15, 0.2) is 48.1 Å². The highest BCUT2D eigenvalue weighted by Crippen LogP contribution is 2.37. The first-order valence-electron chi connectivity index (χ1n) is 6.76.